The van der Waals surface area contributed by atoms with Crippen LogP contribution in [0.2, 0.25) is 5.02 Å². The Kier molecular flexibility index (Phi) is 3.75. The zero-order chi connectivity index (χ0) is 17.1. The van der Waals surface area contributed by atoms with E-state index in [0.29, 0.717) is 6.42 Å². The van der Waals surface area contributed by atoms with E-state index in [0.717, 1.165) is 22.7 Å². The van der Waals surface area contributed by atoms with Gasteiger partial charge < -0.3 is 5.32 Å². The summed E-state index contributed by atoms with van der Waals surface area (Å²) >= 11 is 6.08. The summed E-state index contributed by atoms with van der Waals surface area (Å²) in [6.07, 6.45) is 1.67. The van der Waals surface area contributed by atoms with Crippen LogP contribution in [0.4, 0.5) is 0 Å². The average Bonchev–Trinajstić information content (AvgIpc) is 2.86. The molecule has 1 aromatic carbocycles. The maximum absolute atomic E-state index is 13.0. The van der Waals surface area contributed by atoms with Crippen LogP contribution < -0.4 is 16.2 Å². The molecule has 1 aliphatic carbocycles. The number of carbonyl (C=O) groups is 1. The summed E-state index contributed by atoms with van der Waals surface area (Å²) in [6, 6.07) is 8.26. The molecule has 4 rings (SSSR count). The molecule has 0 radical (unpaired) electrons. The van der Waals surface area contributed by atoms with E-state index >= 15 is 0 Å². The minimum absolute atomic E-state index is 0.0119. The van der Waals surface area contributed by atoms with Crippen molar-refractivity contribution in [3.63, 3.8) is 0 Å². The largest absolute Gasteiger partial charge is 0.371 e. The van der Waals surface area contributed by atoms with E-state index in [4.69, 9.17) is 11.6 Å². The van der Waals surface area contributed by atoms with Crippen molar-refractivity contribution in [3.05, 3.63) is 46.1 Å². The first kappa shape index (κ1) is 16.1. The highest BCUT2D eigenvalue weighted by molar-refractivity contribution is 6.30. The Morgan fingerprint density at radius 2 is 1.83 bits per heavy atom. The Hall–Kier alpha value is -1.36. The van der Waals surface area contributed by atoms with E-state index in [9.17, 15) is 4.79 Å². The predicted octanol–water partition coefficient (Wildman–Crippen LogP) is 3.11. The van der Waals surface area contributed by atoms with Crippen LogP contribution in [-0.4, -0.2) is 18.0 Å². The van der Waals surface area contributed by atoms with Crippen LogP contribution in [0.15, 0.2) is 35.5 Å². The van der Waals surface area contributed by atoms with Crippen LogP contribution in [0.1, 0.15) is 45.1 Å². The number of allylic oxidation sites excluding steroid dienone is 2. The topological polar surface area (TPSA) is 53.2 Å². The number of hydrogen-bond donors (Lipinski definition) is 3. The van der Waals surface area contributed by atoms with Crippen molar-refractivity contribution in [2.75, 3.05) is 0 Å². The van der Waals surface area contributed by atoms with E-state index in [2.05, 4.69) is 49.1 Å². The van der Waals surface area contributed by atoms with Crippen LogP contribution in [0.25, 0.3) is 0 Å². The summed E-state index contributed by atoms with van der Waals surface area (Å²) in [6.45, 7) is 6.51. The van der Waals surface area contributed by atoms with Gasteiger partial charge in [-0.1, -0.05) is 37.6 Å². The molecule has 0 saturated carbocycles. The van der Waals surface area contributed by atoms with Gasteiger partial charge in [-0.15, -0.1) is 0 Å². The number of ketones is 1. The first-order valence-corrected chi connectivity index (χ1v) is 9.03. The van der Waals surface area contributed by atoms with Gasteiger partial charge in [0, 0.05) is 40.6 Å². The quantitative estimate of drug-likeness (QED) is 0.732. The third kappa shape index (κ3) is 2.57. The van der Waals surface area contributed by atoms with Crippen LogP contribution >= 0.6 is 11.6 Å². The number of fused-ring (bicyclic) bond motifs is 1. The summed E-state index contributed by atoms with van der Waals surface area (Å²) in [5, 5.41) is 4.33. The number of nitrogens with one attached hydrogen (secondary N) is 3. The number of Topliss-reactive ketones (excluding diaryl/α,β-unsaturated/α-hetero) is 1. The zero-order valence-electron chi connectivity index (χ0n) is 14.3. The summed E-state index contributed by atoms with van der Waals surface area (Å²) in [5.74, 6) is 0.672. The van der Waals surface area contributed by atoms with Gasteiger partial charge in [0.25, 0.3) is 0 Å². The van der Waals surface area contributed by atoms with Crippen molar-refractivity contribution in [1.29, 1.82) is 0 Å². The third-order valence-electron chi connectivity index (χ3n) is 5.60. The van der Waals surface area contributed by atoms with Crippen LogP contribution in [-0.2, 0) is 4.79 Å². The van der Waals surface area contributed by atoms with Gasteiger partial charge in [-0.25, -0.2) is 5.43 Å². The molecule has 3 N–H and O–H groups in total. The molecule has 4 atom stereocenters. The average molecular weight is 346 g/mol. The van der Waals surface area contributed by atoms with E-state index in [1.165, 1.54) is 5.56 Å². The van der Waals surface area contributed by atoms with E-state index in [1.807, 2.05) is 12.1 Å². The van der Waals surface area contributed by atoms with Gasteiger partial charge in [-0.3, -0.25) is 10.2 Å². The maximum atomic E-state index is 13.0. The fourth-order valence-electron chi connectivity index (χ4n) is 4.58. The van der Waals surface area contributed by atoms with Gasteiger partial charge in [-0.05, 0) is 36.5 Å². The second-order valence-corrected chi connectivity index (χ2v) is 8.58. The molecule has 0 bridgehead atoms. The molecule has 5 heteroatoms. The maximum Gasteiger partial charge on any atom is 0.161 e. The highest BCUT2D eigenvalue weighted by Crippen LogP contribution is 2.48. The molecule has 1 saturated heterocycles. The molecular formula is C19H24ClN3O. The Morgan fingerprint density at radius 1 is 1.12 bits per heavy atom. The van der Waals surface area contributed by atoms with Gasteiger partial charge in [0.15, 0.2) is 5.78 Å². The molecule has 4 unspecified atom stereocenters. The lowest BCUT2D eigenvalue weighted by atomic mass is 9.65. The smallest absolute Gasteiger partial charge is 0.161 e. The Morgan fingerprint density at radius 3 is 2.54 bits per heavy atom. The minimum atomic E-state index is 0.0119. The minimum Gasteiger partial charge on any atom is -0.371 e. The van der Waals surface area contributed by atoms with Crippen molar-refractivity contribution in [2.45, 2.75) is 51.7 Å². The Labute approximate surface area is 148 Å². The van der Waals surface area contributed by atoms with E-state index in [-0.39, 0.29) is 35.2 Å². The Balaban J connectivity index is 1.85. The van der Waals surface area contributed by atoms with Crippen molar-refractivity contribution >= 4 is 17.4 Å². The summed E-state index contributed by atoms with van der Waals surface area (Å²) in [5.41, 5.74) is 9.98. The highest BCUT2D eigenvalue weighted by Gasteiger charge is 2.49. The monoisotopic (exact) mass is 345 g/mol. The second-order valence-electron chi connectivity index (χ2n) is 8.14. The lowest BCUT2D eigenvalue weighted by molar-refractivity contribution is -0.118. The number of hydrogen-bond acceptors (Lipinski definition) is 4. The number of benzene rings is 1. The summed E-state index contributed by atoms with van der Waals surface area (Å²) < 4.78 is 0. The van der Waals surface area contributed by atoms with Crippen LogP contribution in [0.5, 0.6) is 0 Å². The summed E-state index contributed by atoms with van der Waals surface area (Å²) in [4.78, 5) is 13.0. The molecule has 0 spiro atoms. The van der Waals surface area contributed by atoms with Gasteiger partial charge in [0.1, 0.15) is 0 Å². The SMILES string of the molecule is CC1NNC2NC3=C(C(=O)CC(C)(C)C3)C(c3ccc(Cl)cc3)C12. The first-order valence-electron chi connectivity index (χ1n) is 8.65. The number of rotatable bonds is 1. The first-order chi connectivity index (χ1) is 11.4. The molecule has 0 amide bonds. The molecule has 128 valence electrons. The van der Waals surface area contributed by atoms with E-state index in [1.54, 1.807) is 0 Å². The number of carbonyl (C=O) groups excluding carboxylic acids is 1. The zero-order valence-corrected chi connectivity index (χ0v) is 15.1. The van der Waals surface area contributed by atoms with Crippen molar-refractivity contribution < 1.29 is 4.79 Å². The van der Waals surface area contributed by atoms with Crippen LogP contribution in [0.3, 0.4) is 0 Å². The molecule has 2 heterocycles. The predicted molar refractivity (Wildman–Crippen MR) is 95.4 cm³/mol. The molecule has 24 heavy (non-hydrogen) atoms. The lowest BCUT2D eigenvalue weighted by Gasteiger charge is -2.44. The van der Waals surface area contributed by atoms with Gasteiger partial charge in [0.2, 0.25) is 0 Å². The van der Waals surface area contributed by atoms with Crippen molar-refractivity contribution in [3.8, 4) is 0 Å². The molecule has 3 aliphatic rings. The highest BCUT2D eigenvalue weighted by atomic mass is 35.5. The molecule has 2 aliphatic heterocycles. The summed E-state index contributed by atoms with van der Waals surface area (Å²) in [7, 11) is 0. The molecular weight excluding hydrogens is 322 g/mol. The lowest BCUT2D eigenvalue weighted by Crippen LogP contribution is -2.52. The van der Waals surface area contributed by atoms with Gasteiger partial charge >= 0.3 is 0 Å². The number of halogens is 1. The van der Waals surface area contributed by atoms with Crippen molar-refractivity contribution in [2.24, 2.45) is 11.3 Å². The van der Waals surface area contributed by atoms with Crippen molar-refractivity contribution in [1.82, 2.24) is 16.2 Å². The van der Waals surface area contributed by atoms with Gasteiger partial charge in [0.05, 0.1) is 6.17 Å². The fourth-order valence-corrected chi connectivity index (χ4v) is 4.71. The number of hydrazine groups is 1. The molecule has 1 fully saturated rings. The Bertz CT molecular complexity index is 710. The molecule has 4 nitrogen and oxygen atoms in total. The molecule has 1 aromatic rings. The third-order valence-corrected chi connectivity index (χ3v) is 5.86. The van der Waals surface area contributed by atoms with E-state index < -0.39 is 0 Å². The normalized spacial score (nSPS) is 34.6. The molecule has 0 aromatic heterocycles. The van der Waals surface area contributed by atoms with Gasteiger partial charge in [-0.2, -0.15) is 0 Å². The standard InChI is InChI=1S/C19H24ClN3O/c1-10-15-16(11-4-6-12(20)7-5-11)17-13(21-18(15)23-22-10)8-19(2,3)9-14(17)24/h4-7,10,15-16,18,21-23H,8-9H2,1-3H3. The van der Waals surface area contributed by atoms with Crippen LogP contribution in [0, 0.1) is 11.3 Å². The second kappa shape index (κ2) is 5.58. The fraction of sp³-hybridized carbons (Fsp3) is 0.526.